The average Bonchev–Trinajstić information content (AvgIpc) is 2.94. The first kappa shape index (κ1) is 15.3. The molecule has 0 atom stereocenters. The van der Waals surface area contributed by atoms with Crippen LogP contribution in [-0.4, -0.2) is 10.8 Å². The summed E-state index contributed by atoms with van der Waals surface area (Å²) >= 11 is 11.7. The van der Waals surface area contributed by atoms with Gasteiger partial charge in [0.15, 0.2) is 0 Å². The molecule has 116 valence electrons. The number of nitrogens with zero attached hydrogens (tertiary/aromatic N) is 1. The molecule has 6 nitrogen and oxygen atoms in total. The van der Waals surface area contributed by atoms with Crippen molar-refractivity contribution in [2.45, 2.75) is 0 Å². The summed E-state index contributed by atoms with van der Waals surface area (Å²) in [4.78, 5) is 22.7. The fourth-order valence-corrected chi connectivity index (χ4v) is 2.38. The summed E-state index contributed by atoms with van der Waals surface area (Å²) in [6.45, 7) is 0. The van der Waals surface area contributed by atoms with Crippen LogP contribution in [0, 0.1) is 10.1 Å². The van der Waals surface area contributed by atoms with E-state index in [1.807, 2.05) is 0 Å². The van der Waals surface area contributed by atoms with Crippen LogP contribution in [-0.2, 0) is 0 Å². The van der Waals surface area contributed by atoms with E-state index in [0.29, 0.717) is 26.7 Å². The molecule has 0 radical (unpaired) electrons. The zero-order valence-corrected chi connectivity index (χ0v) is 12.9. The molecule has 3 aromatic rings. The van der Waals surface area contributed by atoms with Crippen molar-refractivity contribution in [2.75, 3.05) is 5.32 Å². The highest BCUT2D eigenvalue weighted by molar-refractivity contribution is 6.42. The molecule has 0 aliphatic heterocycles. The predicted octanol–water partition coefficient (Wildman–Crippen LogP) is 4.90. The van der Waals surface area contributed by atoms with E-state index < -0.39 is 10.8 Å². The zero-order valence-electron chi connectivity index (χ0n) is 11.4. The number of non-ortho nitro benzene ring substituents is 1. The van der Waals surface area contributed by atoms with E-state index in [1.165, 1.54) is 30.5 Å². The Labute approximate surface area is 139 Å². The molecular weight excluding hydrogens is 343 g/mol. The third kappa shape index (κ3) is 2.99. The highest BCUT2D eigenvalue weighted by Gasteiger charge is 2.17. The smallest absolute Gasteiger partial charge is 0.270 e. The SMILES string of the molecule is O=C(Nc1ccc(Cl)c(Cl)c1)c1coc2ccc([N+](=O)[O-])cc12. The Hall–Kier alpha value is -2.57. The first-order chi connectivity index (χ1) is 11.0. The van der Waals surface area contributed by atoms with E-state index in [4.69, 9.17) is 27.6 Å². The Morgan fingerprint density at radius 1 is 1.13 bits per heavy atom. The predicted molar refractivity (Wildman–Crippen MR) is 87.3 cm³/mol. The van der Waals surface area contributed by atoms with Gasteiger partial charge < -0.3 is 9.73 Å². The number of furan rings is 1. The maximum atomic E-state index is 12.3. The van der Waals surface area contributed by atoms with Crippen molar-refractivity contribution in [1.82, 2.24) is 0 Å². The van der Waals surface area contributed by atoms with Crippen molar-refractivity contribution in [3.8, 4) is 0 Å². The molecular formula is C15H8Cl2N2O4. The van der Waals surface area contributed by atoms with Gasteiger partial charge in [-0.25, -0.2) is 0 Å². The van der Waals surface area contributed by atoms with E-state index in [9.17, 15) is 14.9 Å². The van der Waals surface area contributed by atoms with Crippen molar-refractivity contribution in [3.63, 3.8) is 0 Å². The van der Waals surface area contributed by atoms with Crippen LogP contribution in [0.1, 0.15) is 10.4 Å². The summed E-state index contributed by atoms with van der Waals surface area (Å²) in [5, 5.41) is 14.5. The summed E-state index contributed by atoms with van der Waals surface area (Å²) in [5.41, 5.74) is 0.899. The summed E-state index contributed by atoms with van der Waals surface area (Å²) in [6, 6.07) is 8.71. The van der Waals surface area contributed by atoms with Crippen LogP contribution >= 0.6 is 23.2 Å². The molecule has 0 aliphatic rings. The Kier molecular flexibility index (Phi) is 3.94. The average molecular weight is 351 g/mol. The second-order valence-corrected chi connectivity index (χ2v) is 5.48. The Morgan fingerprint density at radius 2 is 1.91 bits per heavy atom. The molecule has 0 saturated heterocycles. The summed E-state index contributed by atoms with van der Waals surface area (Å²) in [6.07, 6.45) is 1.25. The van der Waals surface area contributed by atoms with E-state index in [2.05, 4.69) is 5.32 Å². The normalized spacial score (nSPS) is 10.7. The lowest BCUT2D eigenvalue weighted by atomic mass is 10.1. The van der Waals surface area contributed by atoms with Crippen LogP contribution in [0.3, 0.4) is 0 Å². The quantitative estimate of drug-likeness (QED) is 0.537. The van der Waals surface area contributed by atoms with Crippen molar-refractivity contribution < 1.29 is 14.1 Å². The number of hydrogen-bond acceptors (Lipinski definition) is 4. The first-order valence-electron chi connectivity index (χ1n) is 6.38. The van der Waals surface area contributed by atoms with Gasteiger partial charge >= 0.3 is 0 Å². The number of hydrogen-bond donors (Lipinski definition) is 1. The maximum absolute atomic E-state index is 12.3. The highest BCUT2D eigenvalue weighted by atomic mass is 35.5. The molecule has 23 heavy (non-hydrogen) atoms. The lowest BCUT2D eigenvalue weighted by molar-refractivity contribution is -0.384. The second-order valence-electron chi connectivity index (χ2n) is 4.67. The van der Waals surface area contributed by atoms with Gasteiger partial charge in [-0.05, 0) is 24.3 Å². The Bertz CT molecular complexity index is 936. The van der Waals surface area contributed by atoms with Crippen molar-refractivity contribution in [1.29, 1.82) is 0 Å². The number of fused-ring (bicyclic) bond motifs is 1. The van der Waals surface area contributed by atoms with Crippen LogP contribution in [0.25, 0.3) is 11.0 Å². The lowest BCUT2D eigenvalue weighted by Gasteiger charge is -2.05. The van der Waals surface area contributed by atoms with Crippen LogP contribution in [0.5, 0.6) is 0 Å². The van der Waals surface area contributed by atoms with Gasteiger partial charge in [0.05, 0.1) is 20.5 Å². The van der Waals surface area contributed by atoms with Crippen molar-refractivity contribution >= 4 is 51.5 Å². The summed E-state index contributed by atoms with van der Waals surface area (Å²) in [7, 11) is 0. The standard InChI is InChI=1S/C15H8Cl2N2O4/c16-12-3-1-8(5-13(12)17)18-15(20)11-7-23-14-4-2-9(19(21)22)6-10(11)14/h1-7H,(H,18,20). The molecule has 3 rings (SSSR count). The van der Waals surface area contributed by atoms with Gasteiger partial charge in [0, 0.05) is 23.2 Å². The van der Waals surface area contributed by atoms with E-state index in [1.54, 1.807) is 12.1 Å². The van der Waals surface area contributed by atoms with Gasteiger partial charge in [0.1, 0.15) is 11.8 Å². The van der Waals surface area contributed by atoms with E-state index >= 15 is 0 Å². The fourth-order valence-electron chi connectivity index (χ4n) is 2.08. The molecule has 2 aromatic carbocycles. The topological polar surface area (TPSA) is 85.4 Å². The monoisotopic (exact) mass is 350 g/mol. The van der Waals surface area contributed by atoms with Gasteiger partial charge in [-0.1, -0.05) is 23.2 Å². The number of benzene rings is 2. The summed E-state index contributed by atoms with van der Waals surface area (Å²) in [5.74, 6) is -0.470. The molecule has 0 spiro atoms. The third-order valence-electron chi connectivity index (χ3n) is 3.19. The van der Waals surface area contributed by atoms with Crippen LogP contribution in [0.2, 0.25) is 10.0 Å². The number of anilines is 1. The van der Waals surface area contributed by atoms with Crippen LogP contribution in [0.15, 0.2) is 47.1 Å². The van der Waals surface area contributed by atoms with Gasteiger partial charge in [-0.2, -0.15) is 0 Å². The molecule has 0 bridgehead atoms. The molecule has 0 fully saturated rings. The molecule has 0 aliphatic carbocycles. The first-order valence-corrected chi connectivity index (χ1v) is 7.13. The molecule has 0 unspecified atom stereocenters. The maximum Gasteiger partial charge on any atom is 0.270 e. The molecule has 1 N–H and O–H groups in total. The van der Waals surface area contributed by atoms with Crippen LogP contribution in [0.4, 0.5) is 11.4 Å². The number of rotatable bonds is 3. The number of halogens is 2. The summed E-state index contributed by atoms with van der Waals surface area (Å²) < 4.78 is 5.25. The Balaban J connectivity index is 1.95. The lowest BCUT2D eigenvalue weighted by Crippen LogP contribution is -2.11. The molecule has 0 saturated carbocycles. The minimum Gasteiger partial charge on any atom is -0.463 e. The van der Waals surface area contributed by atoms with Gasteiger partial charge in [0.25, 0.3) is 11.6 Å². The van der Waals surface area contributed by atoms with Gasteiger partial charge in [0.2, 0.25) is 0 Å². The van der Waals surface area contributed by atoms with Gasteiger partial charge in [-0.15, -0.1) is 0 Å². The molecule has 1 heterocycles. The number of carbonyl (C=O) groups excluding carboxylic acids is 1. The third-order valence-corrected chi connectivity index (χ3v) is 3.93. The minimum absolute atomic E-state index is 0.123. The number of carbonyl (C=O) groups is 1. The zero-order chi connectivity index (χ0) is 16.6. The van der Waals surface area contributed by atoms with Crippen LogP contribution < -0.4 is 5.32 Å². The Morgan fingerprint density at radius 3 is 2.61 bits per heavy atom. The second kappa shape index (κ2) is 5.91. The molecule has 8 heteroatoms. The number of nitro benzene ring substituents is 1. The largest absolute Gasteiger partial charge is 0.463 e. The van der Waals surface area contributed by atoms with E-state index in [-0.39, 0.29) is 11.3 Å². The molecule has 1 aromatic heterocycles. The number of amides is 1. The molecule has 1 amide bonds. The number of nitro groups is 1. The van der Waals surface area contributed by atoms with E-state index in [0.717, 1.165) is 0 Å². The van der Waals surface area contributed by atoms with Crippen molar-refractivity contribution in [2.24, 2.45) is 0 Å². The number of nitrogens with one attached hydrogen (secondary N) is 1. The minimum atomic E-state index is -0.535. The van der Waals surface area contributed by atoms with Crippen molar-refractivity contribution in [3.05, 3.63) is 68.4 Å². The highest BCUT2D eigenvalue weighted by Crippen LogP contribution is 2.28. The fraction of sp³-hybridized carbons (Fsp3) is 0. The van der Waals surface area contributed by atoms with Gasteiger partial charge in [-0.3, -0.25) is 14.9 Å².